The van der Waals surface area contributed by atoms with Crippen LogP contribution >= 0.6 is 0 Å². The van der Waals surface area contributed by atoms with Crippen LogP contribution in [0.4, 0.5) is 0 Å². The van der Waals surface area contributed by atoms with Crippen molar-refractivity contribution in [2.45, 2.75) is 61.4 Å². The summed E-state index contributed by atoms with van der Waals surface area (Å²) in [4.78, 5) is 12.9. The van der Waals surface area contributed by atoms with Gasteiger partial charge in [-0.25, -0.2) is 0 Å². The predicted molar refractivity (Wildman–Crippen MR) is 140 cm³/mol. The molecule has 3 heterocycles. The molecule has 2 fully saturated rings. The highest BCUT2D eigenvalue weighted by Gasteiger charge is 2.46. The Kier molecular flexibility index (Phi) is 8.77. The molecule has 0 spiro atoms. The smallest absolute Gasteiger partial charge is 0.229 e. The van der Waals surface area contributed by atoms with Crippen molar-refractivity contribution in [1.29, 1.82) is 0 Å². The minimum absolute atomic E-state index is 0.0828. The number of fused-ring (bicyclic) bond motifs is 1. The average Bonchev–Trinajstić information content (AvgIpc) is 2.98. The van der Waals surface area contributed by atoms with Crippen molar-refractivity contribution in [3.63, 3.8) is 0 Å². The Labute approximate surface area is 241 Å². The Hall–Kier alpha value is -3.55. The van der Waals surface area contributed by atoms with E-state index in [-0.39, 0.29) is 33.8 Å². The molecular formula is C27H30O16. The number of aromatic hydroxyl groups is 2. The van der Waals surface area contributed by atoms with Crippen molar-refractivity contribution < 1.29 is 74.4 Å². The molecule has 0 saturated carbocycles. The van der Waals surface area contributed by atoms with Gasteiger partial charge in [-0.1, -0.05) is 0 Å². The van der Waals surface area contributed by atoms with Gasteiger partial charge in [0, 0.05) is 23.8 Å². The van der Waals surface area contributed by atoms with Crippen LogP contribution in [0.25, 0.3) is 22.3 Å². The van der Waals surface area contributed by atoms with Gasteiger partial charge in [0.15, 0.2) is 16.9 Å². The summed E-state index contributed by atoms with van der Waals surface area (Å²) < 4.78 is 27.5. The normalized spacial score (nSPS) is 32.9. The second kappa shape index (κ2) is 12.2. The number of hydrogen-bond acceptors (Lipinski definition) is 16. The molecular weight excluding hydrogens is 580 g/mol. The highest BCUT2D eigenvalue weighted by atomic mass is 16.7. The topological polar surface area (TPSA) is 269 Å². The number of rotatable bonds is 7. The molecule has 3 aromatic rings. The molecule has 16 heteroatoms. The van der Waals surface area contributed by atoms with Gasteiger partial charge in [0.1, 0.15) is 77.1 Å². The van der Waals surface area contributed by atoms with Crippen LogP contribution in [0.1, 0.15) is 0 Å². The van der Waals surface area contributed by atoms with Crippen LogP contribution < -0.4 is 14.9 Å². The second-order valence-electron chi connectivity index (χ2n) is 10.1. The van der Waals surface area contributed by atoms with Crippen LogP contribution in [0.3, 0.4) is 0 Å². The molecule has 16 nitrogen and oxygen atoms in total. The maximum atomic E-state index is 12.9. The maximum absolute atomic E-state index is 12.9. The van der Waals surface area contributed by atoms with Gasteiger partial charge < -0.3 is 74.4 Å². The van der Waals surface area contributed by atoms with Gasteiger partial charge in [-0.15, -0.1) is 0 Å². The van der Waals surface area contributed by atoms with Crippen LogP contribution in [-0.4, -0.2) is 126 Å². The molecule has 2 aromatic carbocycles. The molecule has 1 aromatic heterocycles. The zero-order chi connectivity index (χ0) is 31.2. The molecule has 0 radical (unpaired) electrons. The SMILES string of the molecule is O=c1cc(-c2ccc(O)c(O[C@@H]3O[C@H](CO)[C@@H](O)[C@@H](O)[C@@H]3O)c2)oc2cc(O[C@@H]3O[C@@H](CO)[C@@H](O)[C@@H](O)[C@@H]3O)cc(O)c12. The number of aliphatic hydroxyl groups excluding tert-OH is 8. The third-order valence-corrected chi connectivity index (χ3v) is 7.22. The summed E-state index contributed by atoms with van der Waals surface area (Å²) in [6, 6.07) is 7.02. The minimum atomic E-state index is -1.76. The summed E-state index contributed by atoms with van der Waals surface area (Å²) in [6.45, 7) is -1.39. The number of phenols is 2. The third kappa shape index (κ3) is 5.85. The average molecular weight is 611 g/mol. The van der Waals surface area contributed by atoms with Crippen LogP contribution in [0.2, 0.25) is 0 Å². The second-order valence-corrected chi connectivity index (χ2v) is 10.1. The van der Waals surface area contributed by atoms with Crippen LogP contribution in [-0.2, 0) is 9.47 Å². The van der Waals surface area contributed by atoms with Gasteiger partial charge >= 0.3 is 0 Å². The fraction of sp³-hybridized carbons (Fsp3) is 0.444. The molecule has 10 N–H and O–H groups in total. The molecule has 0 bridgehead atoms. The lowest BCUT2D eigenvalue weighted by Crippen LogP contribution is -2.60. The summed E-state index contributed by atoms with van der Waals surface area (Å²) >= 11 is 0. The summed E-state index contributed by atoms with van der Waals surface area (Å²) in [7, 11) is 0. The molecule has 2 aliphatic heterocycles. The van der Waals surface area contributed by atoms with Crippen molar-refractivity contribution in [3.05, 3.63) is 46.6 Å². The van der Waals surface area contributed by atoms with Crippen molar-refractivity contribution >= 4 is 11.0 Å². The quantitative estimate of drug-likeness (QED) is 0.130. The van der Waals surface area contributed by atoms with E-state index in [1.54, 1.807) is 0 Å². The van der Waals surface area contributed by atoms with E-state index in [9.17, 15) is 55.9 Å². The fourth-order valence-corrected chi connectivity index (χ4v) is 4.80. The van der Waals surface area contributed by atoms with Gasteiger partial charge in [0.25, 0.3) is 0 Å². The van der Waals surface area contributed by atoms with E-state index in [0.717, 1.165) is 12.1 Å². The van der Waals surface area contributed by atoms with Gasteiger partial charge in [-0.3, -0.25) is 4.79 Å². The zero-order valence-corrected chi connectivity index (χ0v) is 22.1. The van der Waals surface area contributed by atoms with E-state index in [1.165, 1.54) is 24.3 Å². The van der Waals surface area contributed by atoms with Crippen molar-refractivity contribution in [1.82, 2.24) is 0 Å². The monoisotopic (exact) mass is 610 g/mol. The molecule has 234 valence electrons. The van der Waals surface area contributed by atoms with Gasteiger partial charge in [-0.2, -0.15) is 0 Å². The first-order valence-electron chi connectivity index (χ1n) is 13.0. The van der Waals surface area contributed by atoms with Gasteiger partial charge in [0.2, 0.25) is 12.6 Å². The summed E-state index contributed by atoms with van der Waals surface area (Å²) in [5, 5.41) is 99.9. The van der Waals surface area contributed by atoms with Gasteiger partial charge in [0.05, 0.1) is 13.2 Å². The van der Waals surface area contributed by atoms with Crippen molar-refractivity contribution in [3.8, 4) is 34.3 Å². The fourth-order valence-electron chi connectivity index (χ4n) is 4.80. The Morgan fingerprint density at radius 2 is 1.26 bits per heavy atom. The van der Waals surface area contributed by atoms with Crippen molar-refractivity contribution in [2.24, 2.45) is 0 Å². The molecule has 0 aliphatic carbocycles. The van der Waals surface area contributed by atoms with Crippen LogP contribution in [0.15, 0.2) is 45.6 Å². The van der Waals surface area contributed by atoms with Crippen LogP contribution in [0, 0.1) is 0 Å². The number of ether oxygens (including phenoxy) is 4. The summed E-state index contributed by atoms with van der Waals surface area (Å²) in [5.41, 5.74) is -0.708. The summed E-state index contributed by atoms with van der Waals surface area (Å²) in [5.74, 6) is -1.54. The first-order chi connectivity index (χ1) is 20.4. The lowest BCUT2D eigenvalue weighted by Gasteiger charge is -2.39. The molecule has 43 heavy (non-hydrogen) atoms. The van der Waals surface area contributed by atoms with E-state index in [1.807, 2.05) is 0 Å². The largest absolute Gasteiger partial charge is 0.507 e. The lowest BCUT2D eigenvalue weighted by molar-refractivity contribution is -0.277. The standard InChI is InChI=1S/C27H30O16/c28-7-17-20(33)22(35)24(37)26(42-17)39-10-4-12(31)19-13(32)6-14(40-16(19)5-10)9-1-2-11(30)15(3-9)41-27-25(38)23(36)21(34)18(8-29)43-27/h1-6,17-18,20-31,33-38H,7-8H2/t17-,18+,20+,21+,22+,23+,24-,25-,26+,27+/m0/s1. The molecule has 0 amide bonds. The first kappa shape index (κ1) is 30.9. The summed E-state index contributed by atoms with van der Waals surface area (Å²) in [6.07, 6.45) is -15.9. The van der Waals surface area contributed by atoms with E-state index in [2.05, 4.69) is 0 Å². The molecule has 2 aliphatic rings. The molecule has 5 rings (SSSR count). The van der Waals surface area contributed by atoms with Gasteiger partial charge in [-0.05, 0) is 18.2 Å². The minimum Gasteiger partial charge on any atom is -0.507 e. The maximum Gasteiger partial charge on any atom is 0.229 e. The van der Waals surface area contributed by atoms with Crippen LogP contribution in [0.5, 0.6) is 23.0 Å². The molecule has 0 unspecified atom stereocenters. The Balaban J connectivity index is 1.45. The zero-order valence-electron chi connectivity index (χ0n) is 22.1. The highest BCUT2D eigenvalue weighted by Crippen LogP contribution is 2.37. The van der Waals surface area contributed by atoms with E-state index in [0.29, 0.717) is 0 Å². The predicted octanol–water partition coefficient (Wildman–Crippen LogP) is -2.77. The Morgan fingerprint density at radius 3 is 1.84 bits per heavy atom. The molecule has 2 saturated heterocycles. The van der Waals surface area contributed by atoms with E-state index < -0.39 is 91.6 Å². The van der Waals surface area contributed by atoms with E-state index >= 15 is 0 Å². The van der Waals surface area contributed by atoms with Crippen molar-refractivity contribution in [2.75, 3.05) is 13.2 Å². The molecule has 10 atom stereocenters. The number of phenolic OH excluding ortho intramolecular Hbond substituents is 2. The Bertz CT molecular complexity index is 1500. The lowest BCUT2D eigenvalue weighted by atomic mass is 9.99. The first-order valence-corrected chi connectivity index (χ1v) is 13.0. The number of hydrogen-bond donors (Lipinski definition) is 10. The van der Waals surface area contributed by atoms with E-state index in [4.69, 9.17) is 23.4 Å². The third-order valence-electron chi connectivity index (χ3n) is 7.22. The number of aliphatic hydroxyl groups is 8. The highest BCUT2D eigenvalue weighted by molar-refractivity contribution is 5.86. The number of benzene rings is 2. The Morgan fingerprint density at radius 1 is 0.674 bits per heavy atom.